The average Bonchev–Trinajstić information content (AvgIpc) is 3.14. The Hall–Kier alpha value is -3.34. The number of benzene rings is 2. The van der Waals surface area contributed by atoms with Crippen LogP contribution in [0.5, 0.6) is 0 Å². The number of amides is 2. The molecule has 1 aromatic heterocycles. The second-order valence-corrected chi connectivity index (χ2v) is 7.40. The lowest BCUT2D eigenvalue weighted by molar-refractivity contribution is -0.129. The summed E-state index contributed by atoms with van der Waals surface area (Å²) in [6.07, 6.45) is 7.77. The third-order valence-electron chi connectivity index (χ3n) is 5.47. The lowest BCUT2D eigenvalue weighted by atomic mass is 9.93. The molecule has 148 valence electrons. The third kappa shape index (κ3) is 4.09. The number of hydrogen-bond acceptors (Lipinski definition) is 2. The van der Waals surface area contributed by atoms with Crippen LogP contribution in [0.1, 0.15) is 42.5 Å². The first-order chi connectivity index (χ1) is 14.1. The smallest absolute Gasteiger partial charge is 0.223 e. The first-order valence-corrected chi connectivity index (χ1v) is 10.0. The van der Waals surface area contributed by atoms with Crippen LogP contribution in [0.15, 0.2) is 60.9 Å². The van der Waals surface area contributed by atoms with Gasteiger partial charge in [0.1, 0.15) is 0 Å². The van der Waals surface area contributed by atoms with E-state index in [4.69, 9.17) is 0 Å². The molecule has 0 radical (unpaired) electrons. The van der Waals surface area contributed by atoms with Crippen LogP contribution in [0.4, 0.5) is 0 Å². The van der Waals surface area contributed by atoms with Gasteiger partial charge in [0.05, 0.1) is 12.5 Å². The summed E-state index contributed by atoms with van der Waals surface area (Å²) in [6.45, 7) is 2.15. The maximum absolute atomic E-state index is 12.6. The first kappa shape index (κ1) is 19.0. The van der Waals surface area contributed by atoms with E-state index in [-0.39, 0.29) is 24.3 Å². The predicted octanol–water partition coefficient (Wildman–Crippen LogP) is 4.18. The molecule has 0 fully saturated rings. The SMILES string of the molecule is CC(=O)N1C=Cc2ccccc2C1CC(=O)NCCCc1c[nH]c2ccccc12. The normalized spacial score (nSPS) is 15.3. The molecule has 5 heteroatoms. The minimum Gasteiger partial charge on any atom is -0.361 e. The zero-order valence-electron chi connectivity index (χ0n) is 16.5. The van der Waals surface area contributed by atoms with E-state index < -0.39 is 0 Å². The van der Waals surface area contributed by atoms with Gasteiger partial charge in [-0.05, 0) is 41.7 Å². The standard InChI is InChI=1S/C24H25N3O2/c1-17(28)27-14-12-18-7-2-3-10-21(18)23(27)15-24(29)25-13-6-8-19-16-26-22-11-5-4-9-20(19)22/h2-5,7,9-12,14,16,23,26H,6,8,13,15H2,1H3,(H,25,29). The van der Waals surface area contributed by atoms with E-state index in [1.54, 1.807) is 11.1 Å². The van der Waals surface area contributed by atoms with Crippen molar-refractivity contribution in [3.05, 3.63) is 77.6 Å². The molecule has 2 N–H and O–H groups in total. The molecule has 2 heterocycles. The van der Waals surface area contributed by atoms with Crippen LogP contribution >= 0.6 is 0 Å². The van der Waals surface area contributed by atoms with Crippen LogP contribution < -0.4 is 5.32 Å². The van der Waals surface area contributed by atoms with Crippen molar-refractivity contribution in [2.75, 3.05) is 6.54 Å². The van der Waals surface area contributed by atoms with Crippen molar-refractivity contribution in [3.8, 4) is 0 Å². The van der Waals surface area contributed by atoms with E-state index in [0.29, 0.717) is 6.54 Å². The van der Waals surface area contributed by atoms with Crippen LogP contribution in [0.2, 0.25) is 0 Å². The number of nitrogens with zero attached hydrogens (tertiary/aromatic N) is 1. The Morgan fingerprint density at radius 2 is 1.90 bits per heavy atom. The molecule has 0 saturated heterocycles. The maximum atomic E-state index is 12.6. The molecule has 3 aromatic rings. The summed E-state index contributed by atoms with van der Waals surface area (Å²) >= 11 is 0. The maximum Gasteiger partial charge on any atom is 0.223 e. The molecule has 1 atom stereocenters. The molecule has 5 nitrogen and oxygen atoms in total. The summed E-state index contributed by atoms with van der Waals surface area (Å²) in [5, 5.41) is 4.26. The van der Waals surface area contributed by atoms with Crippen molar-refractivity contribution in [3.63, 3.8) is 0 Å². The molecule has 0 spiro atoms. The molecular formula is C24H25N3O2. The zero-order chi connectivity index (χ0) is 20.2. The van der Waals surface area contributed by atoms with Gasteiger partial charge in [0.25, 0.3) is 0 Å². The van der Waals surface area contributed by atoms with Crippen molar-refractivity contribution in [1.29, 1.82) is 0 Å². The minimum absolute atomic E-state index is 0.0368. The molecule has 0 bridgehead atoms. The van der Waals surface area contributed by atoms with Gasteiger partial charge in [0.2, 0.25) is 11.8 Å². The van der Waals surface area contributed by atoms with E-state index >= 15 is 0 Å². The molecule has 1 aliphatic heterocycles. The number of rotatable bonds is 6. The number of aromatic nitrogens is 1. The molecule has 2 amide bonds. The number of para-hydroxylation sites is 1. The number of carbonyl (C=O) groups excluding carboxylic acids is 2. The van der Waals surface area contributed by atoms with Gasteiger partial charge in [-0.1, -0.05) is 42.5 Å². The second-order valence-electron chi connectivity index (χ2n) is 7.40. The van der Waals surface area contributed by atoms with Gasteiger partial charge in [0.15, 0.2) is 0 Å². The van der Waals surface area contributed by atoms with E-state index in [1.807, 2.05) is 48.7 Å². The molecule has 29 heavy (non-hydrogen) atoms. The van der Waals surface area contributed by atoms with Crippen molar-refractivity contribution in [2.45, 2.75) is 32.2 Å². The van der Waals surface area contributed by atoms with Crippen molar-refractivity contribution in [1.82, 2.24) is 15.2 Å². The van der Waals surface area contributed by atoms with Gasteiger partial charge < -0.3 is 15.2 Å². The monoisotopic (exact) mass is 387 g/mol. The average molecular weight is 387 g/mol. The predicted molar refractivity (Wildman–Crippen MR) is 115 cm³/mol. The molecular weight excluding hydrogens is 362 g/mol. The summed E-state index contributed by atoms with van der Waals surface area (Å²) in [4.78, 5) is 29.6. The lowest BCUT2D eigenvalue weighted by Crippen LogP contribution is -2.35. The van der Waals surface area contributed by atoms with E-state index in [0.717, 1.165) is 29.5 Å². The first-order valence-electron chi connectivity index (χ1n) is 10.0. The van der Waals surface area contributed by atoms with Crippen LogP contribution in [0.3, 0.4) is 0 Å². The van der Waals surface area contributed by atoms with Gasteiger partial charge in [-0.2, -0.15) is 0 Å². The molecule has 0 saturated carbocycles. The fourth-order valence-electron chi connectivity index (χ4n) is 4.01. The highest BCUT2D eigenvalue weighted by molar-refractivity contribution is 5.83. The van der Waals surface area contributed by atoms with E-state index in [9.17, 15) is 9.59 Å². The van der Waals surface area contributed by atoms with Crippen LogP contribution in [-0.2, 0) is 16.0 Å². The Kier molecular flexibility index (Phi) is 5.47. The van der Waals surface area contributed by atoms with Gasteiger partial charge in [-0.3, -0.25) is 9.59 Å². The molecule has 2 aromatic carbocycles. The second kappa shape index (κ2) is 8.35. The lowest BCUT2D eigenvalue weighted by Gasteiger charge is -2.32. The van der Waals surface area contributed by atoms with Gasteiger partial charge in [-0.25, -0.2) is 0 Å². The van der Waals surface area contributed by atoms with E-state index in [1.165, 1.54) is 17.9 Å². The largest absolute Gasteiger partial charge is 0.361 e. The van der Waals surface area contributed by atoms with Crippen LogP contribution in [0.25, 0.3) is 17.0 Å². The summed E-state index contributed by atoms with van der Waals surface area (Å²) in [5.41, 5.74) is 4.48. The highest BCUT2D eigenvalue weighted by Crippen LogP contribution is 2.32. The third-order valence-corrected chi connectivity index (χ3v) is 5.47. The summed E-state index contributed by atoms with van der Waals surface area (Å²) < 4.78 is 0. The summed E-state index contributed by atoms with van der Waals surface area (Å²) in [7, 11) is 0. The van der Waals surface area contributed by atoms with Gasteiger partial charge in [-0.15, -0.1) is 0 Å². The number of H-pyrrole nitrogens is 1. The van der Waals surface area contributed by atoms with Crippen molar-refractivity contribution >= 4 is 28.8 Å². The number of hydrogen-bond donors (Lipinski definition) is 2. The summed E-state index contributed by atoms with van der Waals surface area (Å²) in [6, 6.07) is 15.9. The fourth-order valence-corrected chi connectivity index (χ4v) is 4.01. The topological polar surface area (TPSA) is 65.2 Å². The molecule has 1 unspecified atom stereocenters. The van der Waals surface area contributed by atoms with Crippen LogP contribution in [-0.4, -0.2) is 28.2 Å². The Bertz CT molecular complexity index is 1070. The van der Waals surface area contributed by atoms with Crippen molar-refractivity contribution in [2.24, 2.45) is 0 Å². The highest BCUT2D eigenvalue weighted by atomic mass is 16.2. The Morgan fingerprint density at radius 1 is 1.10 bits per heavy atom. The Labute approximate surface area is 170 Å². The number of aromatic amines is 1. The number of fused-ring (bicyclic) bond motifs is 2. The van der Waals surface area contributed by atoms with Gasteiger partial charge in [0, 0.05) is 36.8 Å². The molecule has 4 rings (SSSR count). The zero-order valence-corrected chi connectivity index (χ0v) is 16.5. The number of aryl methyl sites for hydroxylation is 1. The Morgan fingerprint density at radius 3 is 2.76 bits per heavy atom. The Balaban J connectivity index is 1.34. The quantitative estimate of drug-likeness (QED) is 0.623. The molecule has 1 aliphatic rings. The summed E-state index contributed by atoms with van der Waals surface area (Å²) in [5.74, 6) is -0.0989. The highest BCUT2D eigenvalue weighted by Gasteiger charge is 2.27. The number of carbonyl (C=O) groups is 2. The fraction of sp³-hybridized carbons (Fsp3) is 0.250. The number of nitrogens with one attached hydrogen (secondary N) is 2. The minimum atomic E-state index is -0.262. The van der Waals surface area contributed by atoms with Crippen molar-refractivity contribution < 1.29 is 9.59 Å². The molecule has 0 aliphatic carbocycles. The van der Waals surface area contributed by atoms with Gasteiger partial charge >= 0.3 is 0 Å². The van der Waals surface area contributed by atoms with E-state index in [2.05, 4.69) is 22.4 Å². The van der Waals surface area contributed by atoms with Crippen LogP contribution in [0, 0.1) is 0 Å².